The number of carboxylic acids is 1. The fourth-order valence-corrected chi connectivity index (χ4v) is 4.11. The van der Waals surface area contributed by atoms with Crippen LogP contribution in [0.1, 0.15) is 51.4 Å². The number of carboxylic acid groups (broad SMARTS) is 1. The van der Waals surface area contributed by atoms with E-state index in [1.807, 2.05) is 0 Å². The minimum atomic E-state index is -0.832. The van der Waals surface area contributed by atoms with Gasteiger partial charge < -0.3 is 5.11 Å². The summed E-state index contributed by atoms with van der Waals surface area (Å²) in [6.07, 6.45) is 6.37. The summed E-state index contributed by atoms with van der Waals surface area (Å²) < 4.78 is 0. The predicted molar refractivity (Wildman–Crippen MR) is 70.7 cm³/mol. The molecule has 1 aliphatic heterocycles. The molecule has 0 aromatic carbocycles. The maximum atomic E-state index is 12.4. The molecule has 20 heavy (non-hydrogen) atoms. The van der Waals surface area contributed by atoms with E-state index in [0.717, 1.165) is 44.9 Å². The van der Waals surface area contributed by atoms with Gasteiger partial charge in [0.05, 0.1) is 18.3 Å². The Kier molecular flexibility index (Phi) is 3.30. The maximum absolute atomic E-state index is 12.4. The molecule has 3 fully saturated rings. The standard InChI is InChI=1S/C15H21NO4/c17-12(18)8-15(6-3-7-15)9-16-13(19)10-4-1-2-5-11(10)14(16)20/h10-11H,1-9H2,(H,17,18). The fourth-order valence-electron chi connectivity index (χ4n) is 4.11. The van der Waals surface area contributed by atoms with E-state index in [-0.39, 0.29) is 35.5 Å². The molecule has 0 aromatic heterocycles. The summed E-state index contributed by atoms with van der Waals surface area (Å²) in [5.41, 5.74) is -0.357. The van der Waals surface area contributed by atoms with Crippen molar-refractivity contribution in [2.24, 2.45) is 17.3 Å². The van der Waals surface area contributed by atoms with Crippen LogP contribution in [0.2, 0.25) is 0 Å². The van der Waals surface area contributed by atoms with Crippen molar-refractivity contribution in [2.45, 2.75) is 51.4 Å². The zero-order chi connectivity index (χ0) is 14.3. The number of nitrogens with zero attached hydrogens (tertiary/aromatic N) is 1. The van der Waals surface area contributed by atoms with Crippen LogP contribution in [0.3, 0.4) is 0 Å². The number of aliphatic carboxylic acids is 1. The van der Waals surface area contributed by atoms with Gasteiger partial charge in [0.1, 0.15) is 0 Å². The molecule has 2 unspecified atom stereocenters. The highest BCUT2D eigenvalue weighted by molar-refractivity contribution is 6.05. The number of carbonyl (C=O) groups is 3. The first-order valence-electron chi connectivity index (χ1n) is 7.59. The van der Waals surface area contributed by atoms with Gasteiger partial charge in [-0.3, -0.25) is 19.3 Å². The first-order chi connectivity index (χ1) is 9.52. The molecule has 3 aliphatic rings. The van der Waals surface area contributed by atoms with Gasteiger partial charge in [0.25, 0.3) is 0 Å². The Balaban J connectivity index is 1.75. The molecule has 0 radical (unpaired) electrons. The summed E-state index contributed by atoms with van der Waals surface area (Å²) in [5.74, 6) is -1.18. The van der Waals surface area contributed by atoms with Crippen LogP contribution in [0.15, 0.2) is 0 Å². The lowest BCUT2D eigenvalue weighted by Gasteiger charge is -2.42. The Morgan fingerprint density at radius 3 is 2.05 bits per heavy atom. The van der Waals surface area contributed by atoms with Crippen molar-refractivity contribution in [1.29, 1.82) is 0 Å². The minimum absolute atomic E-state index is 0.0450. The molecule has 5 nitrogen and oxygen atoms in total. The Morgan fingerprint density at radius 1 is 1.10 bits per heavy atom. The van der Waals surface area contributed by atoms with Crippen molar-refractivity contribution in [3.8, 4) is 0 Å². The van der Waals surface area contributed by atoms with Crippen molar-refractivity contribution < 1.29 is 19.5 Å². The van der Waals surface area contributed by atoms with E-state index < -0.39 is 5.97 Å². The van der Waals surface area contributed by atoms with Crippen molar-refractivity contribution in [3.05, 3.63) is 0 Å². The van der Waals surface area contributed by atoms with E-state index in [2.05, 4.69) is 0 Å². The van der Waals surface area contributed by atoms with E-state index >= 15 is 0 Å². The first-order valence-corrected chi connectivity index (χ1v) is 7.59. The Hall–Kier alpha value is -1.39. The largest absolute Gasteiger partial charge is 0.481 e. The number of hydrogen-bond donors (Lipinski definition) is 1. The number of amides is 2. The zero-order valence-corrected chi connectivity index (χ0v) is 11.6. The zero-order valence-electron chi connectivity index (χ0n) is 11.6. The van der Waals surface area contributed by atoms with Crippen LogP contribution in [0.4, 0.5) is 0 Å². The molecule has 3 rings (SSSR count). The van der Waals surface area contributed by atoms with Crippen LogP contribution in [0.25, 0.3) is 0 Å². The number of rotatable bonds is 4. The summed E-state index contributed by atoms with van der Waals surface area (Å²) in [4.78, 5) is 37.2. The molecule has 0 spiro atoms. The molecule has 2 atom stereocenters. The normalized spacial score (nSPS) is 31.9. The second-order valence-electron chi connectivity index (χ2n) is 6.68. The highest BCUT2D eigenvalue weighted by Gasteiger charge is 2.51. The molecule has 2 aliphatic carbocycles. The van der Waals surface area contributed by atoms with Crippen LogP contribution < -0.4 is 0 Å². The topological polar surface area (TPSA) is 74.7 Å². The van der Waals surface area contributed by atoms with Crippen LogP contribution in [0.5, 0.6) is 0 Å². The Bertz CT molecular complexity index is 431. The molecular formula is C15H21NO4. The third-order valence-corrected chi connectivity index (χ3v) is 5.37. The van der Waals surface area contributed by atoms with Crippen LogP contribution >= 0.6 is 0 Å². The SMILES string of the molecule is O=C(O)CC1(CN2C(=O)C3CCCCC3C2=O)CCC1. The molecule has 2 saturated carbocycles. The van der Waals surface area contributed by atoms with Crippen LogP contribution in [0, 0.1) is 17.3 Å². The molecule has 1 saturated heterocycles. The van der Waals surface area contributed by atoms with Crippen LogP contribution in [-0.4, -0.2) is 34.3 Å². The van der Waals surface area contributed by atoms with Crippen molar-refractivity contribution in [1.82, 2.24) is 4.90 Å². The molecule has 0 bridgehead atoms. The lowest BCUT2D eigenvalue weighted by Crippen LogP contribution is -2.46. The van der Waals surface area contributed by atoms with Gasteiger partial charge in [-0.2, -0.15) is 0 Å². The smallest absolute Gasteiger partial charge is 0.303 e. The quantitative estimate of drug-likeness (QED) is 0.796. The first kappa shape index (κ1) is 13.6. The Morgan fingerprint density at radius 2 is 1.65 bits per heavy atom. The highest BCUT2D eigenvalue weighted by atomic mass is 16.4. The Labute approximate surface area is 118 Å². The second kappa shape index (κ2) is 4.86. The molecule has 0 aromatic rings. The molecule has 1 N–H and O–H groups in total. The van der Waals surface area contributed by atoms with Gasteiger partial charge in [-0.1, -0.05) is 19.3 Å². The number of likely N-dealkylation sites (tertiary alicyclic amines) is 1. The average molecular weight is 279 g/mol. The van der Waals surface area contributed by atoms with Crippen molar-refractivity contribution in [3.63, 3.8) is 0 Å². The maximum Gasteiger partial charge on any atom is 0.303 e. The summed E-state index contributed by atoms with van der Waals surface area (Å²) in [6.45, 7) is 0.323. The molecular weight excluding hydrogens is 258 g/mol. The average Bonchev–Trinajstić information content (AvgIpc) is 2.61. The van der Waals surface area contributed by atoms with E-state index in [4.69, 9.17) is 5.11 Å². The van der Waals surface area contributed by atoms with Gasteiger partial charge in [-0.05, 0) is 31.1 Å². The summed E-state index contributed by atoms with van der Waals surface area (Å²) in [6, 6.07) is 0. The van der Waals surface area contributed by atoms with Gasteiger partial charge >= 0.3 is 5.97 Å². The van der Waals surface area contributed by atoms with Crippen LogP contribution in [-0.2, 0) is 14.4 Å². The van der Waals surface area contributed by atoms with Gasteiger partial charge in [0.2, 0.25) is 11.8 Å². The third-order valence-electron chi connectivity index (χ3n) is 5.37. The van der Waals surface area contributed by atoms with E-state index in [1.165, 1.54) is 4.90 Å². The predicted octanol–water partition coefficient (Wildman–Crippen LogP) is 1.81. The van der Waals surface area contributed by atoms with Gasteiger partial charge in [-0.25, -0.2) is 0 Å². The summed E-state index contributed by atoms with van der Waals surface area (Å²) in [7, 11) is 0. The fraction of sp³-hybridized carbons (Fsp3) is 0.800. The minimum Gasteiger partial charge on any atom is -0.481 e. The second-order valence-corrected chi connectivity index (χ2v) is 6.68. The highest BCUT2D eigenvalue weighted by Crippen LogP contribution is 2.47. The molecule has 5 heteroatoms. The van der Waals surface area contributed by atoms with Crippen molar-refractivity contribution >= 4 is 17.8 Å². The van der Waals surface area contributed by atoms with Crippen molar-refractivity contribution in [2.75, 3.05) is 6.54 Å². The van der Waals surface area contributed by atoms with Gasteiger partial charge in [-0.15, -0.1) is 0 Å². The number of imide groups is 1. The van der Waals surface area contributed by atoms with Gasteiger partial charge in [0.15, 0.2) is 0 Å². The molecule has 110 valence electrons. The summed E-state index contributed by atoms with van der Waals surface area (Å²) in [5, 5.41) is 9.04. The lowest BCUT2D eigenvalue weighted by molar-refractivity contribution is -0.149. The lowest BCUT2D eigenvalue weighted by atomic mass is 9.66. The van der Waals surface area contributed by atoms with Gasteiger partial charge in [0, 0.05) is 6.54 Å². The monoisotopic (exact) mass is 279 g/mol. The molecule has 2 amide bonds. The van der Waals surface area contributed by atoms with E-state index in [9.17, 15) is 14.4 Å². The number of fused-ring (bicyclic) bond motifs is 1. The van der Waals surface area contributed by atoms with E-state index in [0.29, 0.717) is 6.54 Å². The summed E-state index contributed by atoms with van der Waals surface area (Å²) >= 11 is 0. The number of hydrogen-bond acceptors (Lipinski definition) is 3. The molecule has 1 heterocycles. The number of carbonyl (C=O) groups excluding carboxylic acids is 2. The van der Waals surface area contributed by atoms with E-state index in [1.54, 1.807) is 0 Å². The third kappa shape index (κ3) is 2.13.